The largest absolute Gasteiger partial charge is 0.365 e. The molecule has 1 aliphatic rings. The Balaban J connectivity index is 1.99. The van der Waals surface area contributed by atoms with E-state index in [1.165, 1.54) is 43.4 Å². The molecule has 0 radical (unpaired) electrons. The third-order valence-corrected chi connectivity index (χ3v) is 5.08. The molecule has 0 amide bonds. The Morgan fingerprint density at radius 1 is 1.40 bits per heavy atom. The molecule has 2 rings (SSSR count). The predicted octanol–water partition coefficient (Wildman–Crippen LogP) is 4.07. The summed E-state index contributed by atoms with van der Waals surface area (Å²) in [6.45, 7) is 0. The van der Waals surface area contributed by atoms with Crippen molar-refractivity contribution in [3.8, 4) is 0 Å². The molecule has 1 heterocycles. The first-order chi connectivity index (χ1) is 7.29. The molecule has 1 N–H and O–H groups in total. The molecular formula is C11H17BrN2S. The molecule has 0 unspecified atom stereocenters. The summed E-state index contributed by atoms with van der Waals surface area (Å²) in [5, 5.41) is 4.12. The van der Waals surface area contributed by atoms with E-state index in [0.29, 0.717) is 0 Å². The van der Waals surface area contributed by atoms with E-state index in [1.807, 2.05) is 7.05 Å². The number of thiazole rings is 1. The van der Waals surface area contributed by atoms with E-state index in [-0.39, 0.29) is 0 Å². The molecule has 0 atom stereocenters. The Hall–Kier alpha value is -0.0900. The van der Waals surface area contributed by atoms with Crippen molar-refractivity contribution in [2.45, 2.75) is 38.5 Å². The molecular weight excluding hydrogens is 272 g/mol. The van der Waals surface area contributed by atoms with E-state index in [0.717, 1.165) is 15.7 Å². The third-order valence-electron chi connectivity index (χ3n) is 3.06. The summed E-state index contributed by atoms with van der Waals surface area (Å²) in [6.07, 6.45) is 8.28. The maximum Gasteiger partial charge on any atom is 0.183 e. The van der Waals surface area contributed by atoms with Crippen LogP contribution in [0, 0.1) is 5.92 Å². The highest BCUT2D eigenvalue weighted by molar-refractivity contribution is 9.10. The van der Waals surface area contributed by atoms with Gasteiger partial charge in [-0.2, -0.15) is 0 Å². The van der Waals surface area contributed by atoms with Crippen molar-refractivity contribution in [3.05, 3.63) is 9.48 Å². The molecule has 0 bridgehead atoms. The molecule has 15 heavy (non-hydrogen) atoms. The van der Waals surface area contributed by atoms with Crippen LogP contribution in [0.4, 0.5) is 5.13 Å². The lowest BCUT2D eigenvalue weighted by Crippen LogP contribution is -2.08. The van der Waals surface area contributed by atoms with Crippen molar-refractivity contribution in [2.24, 2.45) is 5.92 Å². The van der Waals surface area contributed by atoms with Crippen LogP contribution in [-0.4, -0.2) is 12.0 Å². The molecule has 0 aromatic carbocycles. The van der Waals surface area contributed by atoms with Crippen LogP contribution in [0.15, 0.2) is 4.60 Å². The van der Waals surface area contributed by atoms with Crippen LogP contribution >= 0.6 is 27.3 Å². The second kappa shape index (κ2) is 5.30. The third kappa shape index (κ3) is 2.94. The van der Waals surface area contributed by atoms with Gasteiger partial charge in [0.25, 0.3) is 0 Å². The van der Waals surface area contributed by atoms with E-state index in [4.69, 9.17) is 0 Å². The zero-order chi connectivity index (χ0) is 10.7. The zero-order valence-corrected chi connectivity index (χ0v) is 11.5. The lowest BCUT2D eigenvalue weighted by Gasteiger charge is -2.20. The van der Waals surface area contributed by atoms with Crippen molar-refractivity contribution in [3.63, 3.8) is 0 Å². The van der Waals surface area contributed by atoms with E-state index in [1.54, 1.807) is 11.3 Å². The van der Waals surface area contributed by atoms with E-state index >= 15 is 0 Å². The molecule has 0 spiro atoms. The number of anilines is 1. The number of aromatic nitrogens is 1. The monoisotopic (exact) mass is 288 g/mol. The van der Waals surface area contributed by atoms with E-state index in [9.17, 15) is 0 Å². The highest BCUT2D eigenvalue weighted by Gasteiger charge is 2.17. The van der Waals surface area contributed by atoms with Gasteiger partial charge in [0, 0.05) is 11.9 Å². The van der Waals surface area contributed by atoms with Gasteiger partial charge in [0.05, 0.1) is 0 Å². The van der Waals surface area contributed by atoms with Crippen LogP contribution in [0.3, 0.4) is 0 Å². The summed E-state index contributed by atoms with van der Waals surface area (Å²) in [4.78, 5) is 5.83. The standard InChI is InChI=1S/C11H17BrN2S/c1-13-11-14-10(12)9(15-11)7-8-5-3-2-4-6-8/h8H,2-7H2,1H3,(H,13,14). The summed E-state index contributed by atoms with van der Waals surface area (Å²) >= 11 is 5.33. The molecule has 4 heteroatoms. The summed E-state index contributed by atoms with van der Waals surface area (Å²) in [7, 11) is 1.93. The number of nitrogens with zero attached hydrogens (tertiary/aromatic N) is 1. The maximum atomic E-state index is 4.42. The number of hydrogen-bond donors (Lipinski definition) is 1. The topological polar surface area (TPSA) is 24.9 Å². The molecule has 1 saturated carbocycles. The van der Waals surface area contributed by atoms with Gasteiger partial charge < -0.3 is 5.32 Å². The fraction of sp³-hybridized carbons (Fsp3) is 0.727. The van der Waals surface area contributed by atoms with E-state index in [2.05, 4.69) is 26.2 Å². The van der Waals surface area contributed by atoms with Crippen LogP contribution in [0.2, 0.25) is 0 Å². The lowest BCUT2D eigenvalue weighted by atomic mass is 9.87. The molecule has 2 nitrogen and oxygen atoms in total. The Morgan fingerprint density at radius 2 is 2.13 bits per heavy atom. The second-order valence-corrected chi connectivity index (χ2v) is 6.03. The molecule has 1 aromatic heterocycles. The quantitative estimate of drug-likeness (QED) is 0.907. The number of nitrogens with one attached hydrogen (secondary N) is 1. The first-order valence-corrected chi connectivity index (χ1v) is 7.23. The average molecular weight is 289 g/mol. The molecule has 1 aromatic rings. The van der Waals surface area contributed by atoms with Crippen LogP contribution in [0.25, 0.3) is 0 Å². The van der Waals surface area contributed by atoms with Gasteiger partial charge in [0.2, 0.25) is 0 Å². The molecule has 0 saturated heterocycles. The number of rotatable bonds is 3. The summed E-state index contributed by atoms with van der Waals surface area (Å²) in [5.74, 6) is 0.889. The van der Waals surface area contributed by atoms with E-state index < -0.39 is 0 Å². The Bertz CT molecular complexity index is 318. The van der Waals surface area contributed by atoms with Crippen molar-refractivity contribution < 1.29 is 0 Å². The molecule has 0 aliphatic heterocycles. The first-order valence-electron chi connectivity index (χ1n) is 5.62. The number of halogens is 1. The average Bonchev–Trinajstić information content (AvgIpc) is 2.61. The summed E-state index contributed by atoms with van der Waals surface area (Å²) in [6, 6.07) is 0. The molecule has 1 aliphatic carbocycles. The van der Waals surface area contributed by atoms with Gasteiger partial charge in [0.15, 0.2) is 5.13 Å². The van der Waals surface area contributed by atoms with Crippen LogP contribution in [-0.2, 0) is 6.42 Å². The SMILES string of the molecule is CNc1nc(Br)c(CC2CCCCC2)s1. The Labute approximate surface area is 104 Å². The van der Waals surface area contributed by atoms with Gasteiger partial charge in [-0.1, -0.05) is 32.1 Å². The van der Waals surface area contributed by atoms with Crippen molar-refractivity contribution in [2.75, 3.05) is 12.4 Å². The fourth-order valence-corrected chi connectivity index (χ4v) is 3.84. The second-order valence-electron chi connectivity index (χ2n) is 4.19. The normalized spacial score (nSPS) is 18.0. The van der Waals surface area contributed by atoms with Gasteiger partial charge in [-0.25, -0.2) is 4.98 Å². The highest BCUT2D eigenvalue weighted by atomic mass is 79.9. The van der Waals surface area contributed by atoms with Crippen molar-refractivity contribution in [1.29, 1.82) is 0 Å². The predicted molar refractivity (Wildman–Crippen MR) is 69.6 cm³/mol. The van der Waals surface area contributed by atoms with Gasteiger partial charge in [0.1, 0.15) is 4.60 Å². The van der Waals surface area contributed by atoms with Gasteiger partial charge in [-0.15, -0.1) is 11.3 Å². The van der Waals surface area contributed by atoms with Crippen LogP contribution < -0.4 is 5.32 Å². The van der Waals surface area contributed by atoms with Crippen molar-refractivity contribution in [1.82, 2.24) is 4.98 Å². The lowest BCUT2D eigenvalue weighted by molar-refractivity contribution is 0.358. The van der Waals surface area contributed by atoms with Crippen molar-refractivity contribution >= 4 is 32.4 Å². The summed E-state index contributed by atoms with van der Waals surface area (Å²) in [5.41, 5.74) is 0. The Kier molecular flexibility index (Phi) is 4.03. The minimum Gasteiger partial charge on any atom is -0.365 e. The maximum absolute atomic E-state index is 4.42. The van der Waals surface area contributed by atoms with Gasteiger partial charge in [-0.3, -0.25) is 0 Å². The minimum absolute atomic E-state index is 0.889. The van der Waals surface area contributed by atoms with Crippen LogP contribution in [0.5, 0.6) is 0 Å². The minimum atomic E-state index is 0.889. The molecule has 1 fully saturated rings. The van der Waals surface area contributed by atoms with Crippen LogP contribution in [0.1, 0.15) is 37.0 Å². The van der Waals surface area contributed by atoms with Gasteiger partial charge >= 0.3 is 0 Å². The fourth-order valence-electron chi connectivity index (χ4n) is 2.22. The highest BCUT2D eigenvalue weighted by Crippen LogP contribution is 2.33. The smallest absolute Gasteiger partial charge is 0.183 e. The summed E-state index contributed by atoms with van der Waals surface area (Å²) < 4.78 is 1.04. The zero-order valence-electron chi connectivity index (χ0n) is 9.05. The first kappa shape index (κ1) is 11.4. The Morgan fingerprint density at radius 3 is 2.73 bits per heavy atom. The molecule has 84 valence electrons. The van der Waals surface area contributed by atoms with Gasteiger partial charge in [-0.05, 0) is 28.3 Å². The number of hydrogen-bond acceptors (Lipinski definition) is 3.